The van der Waals surface area contributed by atoms with Crippen LogP contribution in [-0.2, 0) is 6.54 Å². The predicted molar refractivity (Wildman–Crippen MR) is 80.8 cm³/mol. The summed E-state index contributed by atoms with van der Waals surface area (Å²) in [7, 11) is 0. The number of hydrogen-bond acceptors (Lipinski definition) is 2. The minimum Gasteiger partial charge on any atom is -0.316 e. The number of likely N-dealkylation sites (tertiary alicyclic amines) is 1. The number of hydrogen-bond donors (Lipinski definition) is 1. The molecule has 3 rings (SSSR count). The standard InChI is InChI=1S/C15H20Cl2N2/c1-15(2)13-7-18-6-11(13)9-19(15)8-10-5-12(16)3-4-14(10)17/h3-5,11,13,18H,6-9H2,1-2H3. The molecule has 0 saturated carbocycles. The molecule has 2 fully saturated rings. The maximum absolute atomic E-state index is 6.29. The van der Waals surface area contributed by atoms with E-state index in [1.54, 1.807) is 0 Å². The quantitative estimate of drug-likeness (QED) is 0.900. The van der Waals surface area contributed by atoms with E-state index in [-0.39, 0.29) is 5.54 Å². The van der Waals surface area contributed by atoms with Gasteiger partial charge in [0.1, 0.15) is 0 Å². The minimum atomic E-state index is 0.222. The molecular weight excluding hydrogens is 279 g/mol. The lowest BCUT2D eigenvalue weighted by atomic mass is 9.85. The average Bonchev–Trinajstić information content (AvgIpc) is 2.89. The predicted octanol–water partition coefficient (Wildman–Crippen LogP) is 3.42. The summed E-state index contributed by atoms with van der Waals surface area (Å²) in [6, 6.07) is 5.73. The van der Waals surface area contributed by atoms with Crippen LogP contribution in [0.2, 0.25) is 10.0 Å². The van der Waals surface area contributed by atoms with Crippen molar-refractivity contribution in [3.05, 3.63) is 33.8 Å². The highest BCUT2D eigenvalue weighted by atomic mass is 35.5. The molecule has 2 unspecified atom stereocenters. The highest BCUT2D eigenvalue weighted by Gasteiger charge is 2.49. The number of nitrogens with zero attached hydrogens (tertiary/aromatic N) is 1. The van der Waals surface area contributed by atoms with Gasteiger partial charge < -0.3 is 5.32 Å². The van der Waals surface area contributed by atoms with Crippen LogP contribution in [0.1, 0.15) is 19.4 Å². The van der Waals surface area contributed by atoms with E-state index in [1.807, 2.05) is 18.2 Å². The molecule has 2 aliphatic rings. The Kier molecular flexibility index (Phi) is 3.55. The van der Waals surface area contributed by atoms with Crippen LogP contribution in [0.3, 0.4) is 0 Å². The molecule has 2 aliphatic heterocycles. The van der Waals surface area contributed by atoms with Crippen LogP contribution in [0.15, 0.2) is 18.2 Å². The molecule has 2 atom stereocenters. The van der Waals surface area contributed by atoms with Gasteiger partial charge in [-0.2, -0.15) is 0 Å². The van der Waals surface area contributed by atoms with E-state index in [2.05, 4.69) is 24.1 Å². The van der Waals surface area contributed by atoms with Gasteiger partial charge in [-0.1, -0.05) is 23.2 Å². The summed E-state index contributed by atoms with van der Waals surface area (Å²) >= 11 is 12.4. The van der Waals surface area contributed by atoms with Gasteiger partial charge >= 0.3 is 0 Å². The lowest BCUT2D eigenvalue weighted by molar-refractivity contribution is 0.132. The van der Waals surface area contributed by atoms with Gasteiger partial charge in [0.15, 0.2) is 0 Å². The Morgan fingerprint density at radius 1 is 1.32 bits per heavy atom. The largest absolute Gasteiger partial charge is 0.316 e. The highest BCUT2D eigenvalue weighted by molar-refractivity contribution is 6.33. The van der Waals surface area contributed by atoms with Gasteiger partial charge in [-0.3, -0.25) is 4.90 Å². The summed E-state index contributed by atoms with van der Waals surface area (Å²) in [6.07, 6.45) is 0. The second-order valence-electron chi connectivity index (χ2n) is 6.29. The number of rotatable bonds is 2. The van der Waals surface area contributed by atoms with Gasteiger partial charge in [-0.15, -0.1) is 0 Å². The highest BCUT2D eigenvalue weighted by Crippen LogP contribution is 2.41. The van der Waals surface area contributed by atoms with Gasteiger partial charge in [0.05, 0.1) is 0 Å². The minimum absolute atomic E-state index is 0.222. The van der Waals surface area contributed by atoms with Crippen LogP contribution >= 0.6 is 23.2 Å². The van der Waals surface area contributed by atoms with Crippen molar-refractivity contribution in [2.75, 3.05) is 19.6 Å². The second-order valence-corrected chi connectivity index (χ2v) is 7.14. The molecule has 4 heteroatoms. The lowest BCUT2D eigenvalue weighted by Gasteiger charge is -2.36. The summed E-state index contributed by atoms with van der Waals surface area (Å²) in [6.45, 7) is 9.02. The molecule has 104 valence electrons. The molecule has 1 aromatic rings. The van der Waals surface area contributed by atoms with Crippen LogP contribution in [0.25, 0.3) is 0 Å². The first-order valence-electron chi connectivity index (χ1n) is 6.88. The fourth-order valence-electron chi connectivity index (χ4n) is 3.64. The van der Waals surface area contributed by atoms with E-state index in [4.69, 9.17) is 23.2 Å². The third kappa shape index (κ3) is 2.40. The smallest absolute Gasteiger partial charge is 0.0452 e. The first-order chi connectivity index (χ1) is 8.98. The number of nitrogens with one attached hydrogen (secondary N) is 1. The molecule has 0 bridgehead atoms. The molecule has 2 heterocycles. The Hall–Kier alpha value is -0.280. The van der Waals surface area contributed by atoms with E-state index in [9.17, 15) is 0 Å². The Morgan fingerprint density at radius 2 is 2.11 bits per heavy atom. The van der Waals surface area contributed by atoms with Crippen LogP contribution in [-0.4, -0.2) is 30.1 Å². The number of halogens is 2. The molecule has 0 amide bonds. The lowest BCUT2D eigenvalue weighted by Crippen LogP contribution is -2.43. The summed E-state index contributed by atoms with van der Waals surface area (Å²) in [5, 5.41) is 5.09. The molecule has 0 aromatic heterocycles. The Labute approximate surface area is 125 Å². The van der Waals surface area contributed by atoms with Gasteiger partial charge in [-0.05, 0) is 56.0 Å². The molecule has 1 N–H and O–H groups in total. The molecule has 0 radical (unpaired) electrons. The molecule has 1 aromatic carbocycles. The zero-order valence-corrected chi connectivity index (χ0v) is 12.9. The maximum Gasteiger partial charge on any atom is 0.0452 e. The van der Waals surface area contributed by atoms with E-state index >= 15 is 0 Å². The Bertz CT molecular complexity index is 487. The van der Waals surface area contributed by atoms with Crippen LogP contribution in [0.5, 0.6) is 0 Å². The summed E-state index contributed by atoms with van der Waals surface area (Å²) < 4.78 is 0. The maximum atomic E-state index is 6.29. The SMILES string of the molecule is CC1(C)C2CNCC2CN1Cc1cc(Cl)ccc1Cl. The van der Waals surface area contributed by atoms with E-state index in [0.29, 0.717) is 0 Å². The van der Waals surface area contributed by atoms with Gasteiger partial charge in [0, 0.05) is 35.2 Å². The first-order valence-corrected chi connectivity index (χ1v) is 7.64. The molecule has 19 heavy (non-hydrogen) atoms. The van der Waals surface area contributed by atoms with Gasteiger partial charge in [0.2, 0.25) is 0 Å². The van der Waals surface area contributed by atoms with Crippen molar-refractivity contribution >= 4 is 23.2 Å². The fraction of sp³-hybridized carbons (Fsp3) is 0.600. The molecule has 0 aliphatic carbocycles. The monoisotopic (exact) mass is 298 g/mol. The fourth-order valence-corrected chi connectivity index (χ4v) is 4.01. The van der Waals surface area contributed by atoms with Crippen molar-refractivity contribution in [1.82, 2.24) is 10.2 Å². The third-order valence-corrected chi connectivity index (χ3v) is 5.49. The molecule has 2 saturated heterocycles. The summed E-state index contributed by atoms with van der Waals surface area (Å²) in [5.41, 5.74) is 1.36. The van der Waals surface area contributed by atoms with Gasteiger partial charge in [-0.25, -0.2) is 0 Å². The number of fused-ring (bicyclic) bond motifs is 1. The van der Waals surface area contributed by atoms with Crippen molar-refractivity contribution in [3.63, 3.8) is 0 Å². The third-order valence-electron chi connectivity index (χ3n) is 4.89. The van der Waals surface area contributed by atoms with Crippen molar-refractivity contribution in [3.8, 4) is 0 Å². The second kappa shape index (κ2) is 4.92. The first kappa shape index (κ1) is 13.7. The zero-order valence-electron chi connectivity index (χ0n) is 11.4. The van der Waals surface area contributed by atoms with E-state index < -0.39 is 0 Å². The van der Waals surface area contributed by atoms with E-state index in [0.717, 1.165) is 53.6 Å². The molecule has 0 spiro atoms. The van der Waals surface area contributed by atoms with Crippen molar-refractivity contribution in [2.45, 2.75) is 25.9 Å². The zero-order chi connectivity index (χ0) is 13.6. The van der Waals surface area contributed by atoms with Crippen molar-refractivity contribution in [1.29, 1.82) is 0 Å². The molecule has 2 nitrogen and oxygen atoms in total. The summed E-state index contributed by atoms with van der Waals surface area (Å²) in [4.78, 5) is 2.56. The van der Waals surface area contributed by atoms with Crippen LogP contribution in [0, 0.1) is 11.8 Å². The van der Waals surface area contributed by atoms with Crippen molar-refractivity contribution < 1.29 is 0 Å². The average molecular weight is 299 g/mol. The van der Waals surface area contributed by atoms with Crippen LogP contribution < -0.4 is 5.32 Å². The van der Waals surface area contributed by atoms with E-state index in [1.165, 1.54) is 0 Å². The Balaban J connectivity index is 1.82. The summed E-state index contributed by atoms with van der Waals surface area (Å²) in [5.74, 6) is 1.51. The molecular formula is C15H20Cl2N2. The normalized spacial score (nSPS) is 29.7. The number of benzene rings is 1. The van der Waals surface area contributed by atoms with Crippen LogP contribution in [0.4, 0.5) is 0 Å². The van der Waals surface area contributed by atoms with Crippen molar-refractivity contribution in [2.24, 2.45) is 11.8 Å². The Morgan fingerprint density at radius 3 is 2.84 bits per heavy atom. The topological polar surface area (TPSA) is 15.3 Å². The van der Waals surface area contributed by atoms with Gasteiger partial charge in [0.25, 0.3) is 0 Å².